The van der Waals surface area contributed by atoms with E-state index < -0.39 is 5.60 Å². The maximum absolute atomic E-state index is 10.5. The molecule has 0 aromatic heterocycles. The van der Waals surface area contributed by atoms with Gasteiger partial charge < -0.3 is 10.0 Å². The van der Waals surface area contributed by atoms with Gasteiger partial charge in [0.1, 0.15) is 0 Å². The minimum atomic E-state index is -0.483. The Labute approximate surface area is 100 Å². The van der Waals surface area contributed by atoms with Crippen LogP contribution in [0.15, 0.2) is 0 Å². The first kappa shape index (κ1) is 13.9. The molecule has 3 heteroatoms. The van der Waals surface area contributed by atoms with Gasteiger partial charge in [0.25, 0.3) is 0 Å². The van der Waals surface area contributed by atoms with E-state index in [1.807, 2.05) is 14.1 Å². The van der Waals surface area contributed by atoms with Gasteiger partial charge in [-0.25, -0.2) is 0 Å². The average Bonchev–Trinajstić information content (AvgIpc) is 2.24. The van der Waals surface area contributed by atoms with Gasteiger partial charge in [0.15, 0.2) is 0 Å². The van der Waals surface area contributed by atoms with E-state index in [2.05, 4.69) is 30.6 Å². The van der Waals surface area contributed by atoms with Crippen LogP contribution in [0.2, 0.25) is 0 Å². The average molecular weight is 228 g/mol. The minimum Gasteiger partial charge on any atom is -0.389 e. The van der Waals surface area contributed by atoms with E-state index in [4.69, 9.17) is 0 Å². The molecule has 1 rings (SSSR count). The van der Waals surface area contributed by atoms with Crippen LogP contribution < -0.4 is 0 Å². The zero-order valence-electron chi connectivity index (χ0n) is 11.6. The fourth-order valence-corrected chi connectivity index (χ4v) is 2.60. The second kappa shape index (κ2) is 5.03. The molecule has 0 aromatic rings. The highest BCUT2D eigenvalue weighted by Gasteiger charge is 2.33. The Kier molecular flexibility index (Phi) is 4.38. The highest BCUT2D eigenvalue weighted by atomic mass is 16.3. The number of hydrogen-bond donors (Lipinski definition) is 1. The fourth-order valence-electron chi connectivity index (χ4n) is 2.60. The van der Waals surface area contributed by atoms with Gasteiger partial charge in [0.05, 0.1) is 5.60 Å². The van der Waals surface area contributed by atoms with Gasteiger partial charge in [-0.05, 0) is 60.7 Å². The lowest BCUT2D eigenvalue weighted by Gasteiger charge is -2.35. The molecule has 1 saturated heterocycles. The van der Waals surface area contributed by atoms with E-state index >= 15 is 0 Å². The van der Waals surface area contributed by atoms with E-state index in [-0.39, 0.29) is 5.54 Å². The van der Waals surface area contributed by atoms with Crippen molar-refractivity contribution in [3.8, 4) is 0 Å². The summed E-state index contributed by atoms with van der Waals surface area (Å²) < 4.78 is 0. The zero-order chi connectivity index (χ0) is 12.4. The summed E-state index contributed by atoms with van der Waals surface area (Å²) in [6, 6.07) is 0. The summed E-state index contributed by atoms with van der Waals surface area (Å²) in [4.78, 5) is 4.58. The lowest BCUT2D eigenvalue weighted by molar-refractivity contribution is 0.000367. The third-order valence-corrected chi connectivity index (χ3v) is 3.48. The van der Waals surface area contributed by atoms with Crippen LogP contribution in [0.3, 0.4) is 0 Å². The van der Waals surface area contributed by atoms with Gasteiger partial charge in [-0.1, -0.05) is 0 Å². The molecule has 0 amide bonds. The van der Waals surface area contributed by atoms with Gasteiger partial charge in [0.2, 0.25) is 0 Å². The van der Waals surface area contributed by atoms with E-state index in [1.165, 1.54) is 0 Å². The number of likely N-dealkylation sites (tertiary alicyclic amines) is 1. The van der Waals surface area contributed by atoms with Crippen molar-refractivity contribution in [3.05, 3.63) is 0 Å². The molecule has 0 saturated carbocycles. The van der Waals surface area contributed by atoms with Gasteiger partial charge >= 0.3 is 0 Å². The van der Waals surface area contributed by atoms with Crippen molar-refractivity contribution in [1.29, 1.82) is 0 Å². The van der Waals surface area contributed by atoms with Gasteiger partial charge in [-0.15, -0.1) is 0 Å². The fraction of sp³-hybridized carbons (Fsp3) is 1.00. The maximum atomic E-state index is 10.5. The Bertz CT molecular complexity index is 222. The topological polar surface area (TPSA) is 26.7 Å². The lowest BCUT2D eigenvalue weighted by Crippen LogP contribution is -2.44. The summed E-state index contributed by atoms with van der Waals surface area (Å²) in [6.45, 7) is 9.66. The second-order valence-corrected chi connectivity index (χ2v) is 6.47. The van der Waals surface area contributed by atoms with E-state index in [1.54, 1.807) is 0 Å². The predicted molar refractivity (Wildman–Crippen MR) is 68.7 cm³/mol. The first-order valence-corrected chi connectivity index (χ1v) is 6.35. The smallest absolute Gasteiger partial charge is 0.0786 e. The minimum absolute atomic E-state index is 0.226. The molecule has 1 aliphatic heterocycles. The number of rotatable bonds is 2. The lowest BCUT2D eigenvalue weighted by atomic mass is 9.94. The van der Waals surface area contributed by atoms with Crippen molar-refractivity contribution in [1.82, 2.24) is 9.80 Å². The van der Waals surface area contributed by atoms with Crippen molar-refractivity contribution in [2.45, 2.75) is 51.2 Å². The summed E-state index contributed by atoms with van der Waals surface area (Å²) >= 11 is 0. The molecule has 1 unspecified atom stereocenters. The van der Waals surface area contributed by atoms with Crippen LogP contribution in [-0.4, -0.2) is 59.8 Å². The van der Waals surface area contributed by atoms with Crippen molar-refractivity contribution in [2.75, 3.05) is 33.7 Å². The highest BCUT2D eigenvalue weighted by molar-refractivity contribution is 4.88. The molecular weight excluding hydrogens is 200 g/mol. The molecule has 1 heterocycles. The molecule has 1 atom stereocenters. The monoisotopic (exact) mass is 228 g/mol. The Morgan fingerprint density at radius 2 is 1.81 bits per heavy atom. The van der Waals surface area contributed by atoms with Crippen molar-refractivity contribution >= 4 is 0 Å². The molecule has 0 aromatic carbocycles. The highest BCUT2D eigenvalue weighted by Crippen LogP contribution is 2.26. The standard InChI is InChI=1S/C13H28N2O/c1-12(2,3)15-9-6-7-13(16,8-10-15)11-14(4)5/h16H,6-11H2,1-5H3. The Balaban J connectivity index is 2.58. The first-order chi connectivity index (χ1) is 7.23. The Hall–Kier alpha value is -0.120. The molecule has 1 aliphatic rings. The molecule has 96 valence electrons. The third kappa shape index (κ3) is 4.04. The van der Waals surface area contributed by atoms with Crippen LogP contribution in [0.5, 0.6) is 0 Å². The van der Waals surface area contributed by atoms with E-state index in [0.717, 1.165) is 38.9 Å². The summed E-state index contributed by atoms with van der Waals surface area (Å²) in [5, 5.41) is 10.5. The number of nitrogens with zero attached hydrogens (tertiary/aromatic N) is 2. The van der Waals surface area contributed by atoms with Crippen LogP contribution in [-0.2, 0) is 0 Å². The van der Waals surface area contributed by atoms with Crippen LogP contribution >= 0.6 is 0 Å². The first-order valence-electron chi connectivity index (χ1n) is 6.35. The van der Waals surface area contributed by atoms with E-state index in [0.29, 0.717) is 0 Å². The number of likely N-dealkylation sites (N-methyl/N-ethyl adjacent to an activating group) is 1. The normalized spacial score (nSPS) is 29.4. The molecule has 0 radical (unpaired) electrons. The summed E-state index contributed by atoms with van der Waals surface area (Å²) in [6.07, 6.45) is 2.92. The molecule has 1 N–H and O–H groups in total. The predicted octanol–water partition coefficient (Wildman–Crippen LogP) is 1.56. The van der Waals surface area contributed by atoms with Crippen LogP contribution in [0.4, 0.5) is 0 Å². The molecule has 0 aliphatic carbocycles. The van der Waals surface area contributed by atoms with E-state index in [9.17, 15) is 5.11 Å². The van der Waals surface area contributed by atoms with Crippen molar-refractivity contribution in [3.63, 3.8) is 0 Å². The molecule has 16 heavy (non-hydrogen) atoms. The Morgan fingerprint density at radius 1 is 1.19 bits per heavy atom. The number of aliphatic hydroxyl groups is 1. The maximum Gasteiger partial charge on any atom is 0.0786 e. The van der Waals surface area contributed by atoms with Crippen molar-refractivity contribution < 1.29 is 5.11 Å². The SMILES string of the molecule is CN(C)CC1(O)CCCN(C(C)(C)C)CC1. The van der Waals surface area contributed by atoms with Gasteiger partial charge in [-0.2, -0.15) is 0 Å². The van der Waals surface area contributed by atoms with Gasteiger partial charge in [-0.3, -0.25) is 4.90 Å². The summed E-state index contributed by atoms with van der Waals surface area (Å²) in [5.74, 6) is 0. The second-order valence-electron chi connectivity index (χ2n) is 6.47. The van der Waals surface area contributed by atoms with Gasteiger partial charge in [0, 0.05) is 18.6 Å². The molecule has 1 fully saturated rings. The molecule has 3 nitrogen and oxygen atoms in total. The van der Waals surface area contributed by atoms with Crippen LogP contribution in [0.1, 0.15) is 40.0 Å². The largest absolute Gasteiger partial charge is 0.389 e. The molecule has 0 bridgehead atoms. The van der Waals surface area contributed by atoms with Crippen LogP contribution in [0, 0.1) is 0 Å². The number of hydrogen-bond acceptors (Lipinski definition) is 3. The Morgan fingerprint density at radius 3 is 2.31 bits per heavy atom. The quantitative estimate of drug-likeness (QED) is 0.777. The molecular formula is C13H28N2O. The molecule has 0 spiro atoms. The van der Waals surface area contributed by atoms with Crippen LogP contribution in [0.25, 0.3) is 0 Å². The summed E-state index contributed by atoms with van der Waals surface area (Å²) in [5.41, 5.74) is -0.257. The third-order valence-electron chi connectivity index (χ3n) is 3.48. The summed E-state index contributed by atoms with van der Waals surface area (Å²) in [7, 11) is 4.06. The zero-order valence-corrected chi connectivity index (χ0v) is 11.6. The van der Waals surface area contributed by atoms with Crippen molar-refractivity contribution in [2.24, 2.45) is 0 Å².